The second-order valence-electron chi connectivity index (χ2n) is 21.6. The molecule has 1 amide bonds. The van der Waals surface area contributed by atoms with Crippen molar-refractivity contribution in [3.63, 3.8) is 0 Å². The number of esters is 1. The van der Waals surface area contributed by atoms with Crippen LogP contribution < -0.4 is 10.6 Å². The van der Waals surface area contributed by atoms with E-state index in [0.717, 1.165) is 38.9 Å². The molecule has 0 aliphatic carbocycles. The molecule has 0 aromatic rings. The van der Waals surface area contributed by atoms with Gasteiger partial charge in [0.25, 0.3) is 0 Å². The molecule has 1 saturated heterocycles. The van der Waals surface area contributed by atoms with E-state index in [1.54, 1.807) is 21.1 Å². The lowest BCUT2D eigenvalue weighted by atomic mass is 9.93. The second kappa shape index (κ2) is 64.0. The topological polar surface area (TPSA) is 157 Å². The standard InChI is InChI=1S/C17H34O.C14H23N3O5.C14H28O.2C9H20O/c1-5-7-8-9-10-11-12-16(4)14-17(18)13-15(3)6-2;1-2-13(20)16-11-7-12(9-15-8-11)22-14(21)10-17(3-5-18)4-6-19;1-4-6-7-8-9-10-11-13(3)12-14(15)5-2;2*1-3-4-5-6-7-8-9-10-2/h15-16H,5-14H2,1-4H3;5-6,11-12,15H,2-4,7-10H2,1H3,(H,16,20);13H,4-12H2,1-3H3;2*3-9H2,1-2H3. The molecule has 1 rings (SSSR count). The fourth-order valence-electron chi connectivity index (χ4n) is 8.59. The van der Waals surface area contributed by atoms with Crippen molar-refractivity contribution in [2.75, 3.05) is 60.2 Å². The number of ketones is 2. The van der Waals surface area contributed by atoms with Crippen molar-refractivity contribution < 1.29 is 43.0 Å². The Kier molecular flexibility index (Phi) is 67.4. The van der Waals surface area contributed by atoms with Gasteiger partial charge in [0.05, 0.1) is 19.6 Å². The van der Waals surface area contributed by atoms with Gasteiger partial charge in [-0.25, -0.2) is 0 Å². The largest absolute Gasteiger partial charge is 0.460 e. The summed E-state index contributed by atoms with van der Waals surface area (Å²) < 4.78 is 15.2. The van der Waals surface area contributed by atoms with Crippen molar-refractivity contribution >= 4 is 36.0 Å². The van der Waals surface area contributed by atoms with Gasteiger partial charge < -0.3 is 34.4 Å². The quantitative estimate of drug-likeness (QED) is 0.0340. The van der Waals surface area contributed by atoms with Crippen LogP contribution in [0.4, 0.5) is 0 Å². The molecule has 0 saturated carbocycles. The molecule has 0 spiro atoms. The first-order valence-electron chi connectivity index (χ1n) is 31.0. The van der Waals surface area contributed by atoms with E-state index in [1.165, 1.54) is 172 Å². The summed E-state index contributed by atoms with van der Waals surface area (Å²) in [5, 5.41) is 5.96. The zero-order chi connectivity index (χ0) is 57.0. The van der Waals surface area contributed by atoms with Crippen LogP contribution in [0, 0.1) is 17.8 Å². The van der Waals surface area contributed by atoms with Crippen molar-refractivity contribution in [1.82, 2.24) is 15.5 Å². The highest BCUT2D eigenvalue weighted by molar-refractivity contribution is 5.79. The minimum Gasteiger partial charge on any atom is -0.460 e. The van der Waals surface area contributed by atoms with Gasteiger partial charge in [-0.3, -0.25) is 24.1 Å². The fraction of sp³-hybridized carbons (Fsp3) is 0.905. The van der Waals surface area contributed by atoms with Gasteiger partial charge in [-0.1, -0.05) is 230 Å². The maximum Gasteiger partial charge on any atom is 0.320 e. The van der Waals surface area contributed by atoms with E-state index >= 15 is 0 Å². The summed E-state index contributed by atoms with van der Waals surface area (Å²) >= 11 is 0. The van der Waals surface area contributed by atoms with Gasteiger partial charge in [0, 0.05) is 85.1 Å². The Labute approximate surface area is 464 Å². The van der Waals surface area contributed by atoms with Crippen LogP contribution in [0.5, 0.6) is 0 Å². The van der Waals surface area contributed by atoms with E-state index < -0.39 is 5.97 Å². The Hall–Kier alpha value is -2.54. The van der Waals surface area contributed by atoms with Crippen LogP contribution in [0.2, 0.25) is 0 Å². The van der Waals surface area contributed by atoms with Crippen LogP contribution in [0.1, 0.15) is 281 Å². The number of hydrogen-bond acceptors (Lipinski definition) is 11. The molecule has 75 heavy (non-hydrogen) atoms. The first kappa shape index (κ1) is 78.9. The van der Waals surface area contributed by atoms with E-state index in [-0.39, 0.29) is 37.7 Å². The van der Waals surface area contributed by atoms with Crippen molar-refractivity contribution in [1.29, 1.82) is 0 Å². The smallest absolute Gasteiger partial charge is 0.320 e. The Morgan fingerprint density at radius 2 is 0.933 bits per heavy atom. The number of carbonyl (C=O) groups is 6. The Morgan fingerprint density at radius 1 is 0.533 bits per heavy atom. The predicted octanol–water partition coefficient (Wildman–Crippen LogP) is 15.0. The highest BCUT2D eigenvalue weighted by Crippen LogP contribution is 2.19. The molecule has 2 N–H and O–H groups in total. The van der Waals surface area contributed by atoms with Gasteiger partial charge in [0.15, 0.2) is 0 Å². The summed E-state index contributed by atoms with van der Waals surface area (Å²) in [7, 11) is 3.54. The number of nitrogens with zero attached hydrogens (tertiary/aromatic N) is 1. The third kappa shape index (κ3) is 63.9. The third-order valence-electron chi connectivity index (χ3n) is 13.6. The first-order valence-corrected chi connectivity index (χ1v) is 31.0. The zero-order valence-corrected chi connectivity index (χ0v) is 51.4. The monoisotopic (exact) mass is 1070 g/mol. The van der Waals surface area contributed by atoms with Crippen molar-refractivity contribution in [3.8, 4) is 0 Å². The SMILES string of the molecule is CCC(=O)NC1CNCC(OC(=O)CN(CC=O)CC=O)C1.CCCCCCCCC(C)CC(=O)CC.CCCCCCCCC(C)CC(=O)CC(C)CC.CCCCCCCCOC.CCCCCCCCOC. The molecule has 5 unspecified atom stereocenters. The Morgan fingerprint density at radius 3 is 1.32 bits per heavy atom. The Balaban J connectivity index is -0.000000434. The molecule has 0 aromatic heterocycles. The summed E-state index contributed by atoms with van der Waals surface area (Å²) in [6.07, 6.45) is 41.0. The number of Topliss-reactive ketones (excluding diaryl/α,β-unsaturated/α-hetero) is 2. The van der Waals surface area contributed by atoms with Crippen LogP contribution in [-0.4, -0.2) is 113 Å². The molecule has 12 heteroatoms. The normalized spacial score (nSPS) is 14.9. The van der Waals surface area contributed by atoms with Gasteiger partial charge in [0.1, 0.15) is 30.2 Å². The average Bonchev–Trinajstić information content (AvgIpc) is 3.39. The molecule has 1 fully saturated rings. The lowest BCUT2D eigenvalue weighted by Gasteiger charge is -2.30. The summed E-state index contributed by atoms with van der Waals surface area (Å²) in [5.41, 5.74) is 0. The number of rotatable bonds is 45. The average molecular weight is 1070 g/mol. The van der Waals surface area contributed by atoms with Crippen LogP contribution in [0.3, 0.4) is 0 Å². The molecule has 1 aliphatic heterocycles. The number of ether oxygens (including phenoxy) is 3. The number of hydrogen-bond donors (Lipinski definition) is 2. The lowest BCUT2D eigenvalue weighted by Crippen LogP contribution is -2.52. The first-order chi connectivity index (χ1) is 36.2. The van der Waals surface area contributed by atoms with E-state index in [9.17, 15) is 28.8 Å². The number of aldehydes is 2. The number of piperidine rings is 1. The lowest BCUT2D eigenvalue weighted by molar-refractivity contribution is -0.151. The maximum absolute atomic E-state index is 11.8. The van der Waals surface area contributed by atoms with E-state index in [1.807, 2.05) is 6.92 Å². The molecular formula is C63H125N3O9. The number of nitrogens with one attached hydrogen (secondary N) is 2. The molecule has 1 heterocycles. The second-order valence-corrected chi connectivity index (χ2v) is 21.6. The molecule has 5 atom stereocenters. The van der Waals surface area contributed by atoms with Crippen LogP contribution in [-0.2, 0) is 43.0 Å². The third-order valence-corrected chi connectivity index (χ3v) is 13.6. The number of unbranched alkanes of at least 4 members (excludes halogenated alkanes) is 20. The molecular weight excluding hydrogens is 943 g/mol. The van der Waals surface area contributed by atoms with Crippen molar-refractivity contribution in [3.05, 3.63) is 0 Å². The van der Waals surface area contributed by atoms with Crippen LogP contribution in [0.15, 0.2) is 0 Å². The van der Waals surface area contributed by atoms with Gasteiger partial charge >= 0.3 is 5.97 Å². The molecule has 0 radical (unpaired) electrons. The van der Waals surface area contributed by atoms with Crippen LogP contribution in [0.25, 0.3) is 0 Å². The van der Waals surface area contributed by atoms with E-state index in [4.69, 9.17) is 14.2 Å². The minimum absolute atomic E-state index is 0.00589. The summed E-state index contributed by atoms with van der Waals surface area (Å²) in [6.45, 7) is 24.4. The predicted molar refractivity (Wildman–Crippen MR) is 317 cm³/mol. The van der Waals surface area contributed by atoms with Gasteiger partial charge in [-0.05, 0) is 30.6 Å². The minimum atomic E-state index is -0.488. The molecule has 1 aliphatic rings. The zero-order valence-electron chi connectivity index (χ0n) is 51.4. The summed E-state index contributed by atoms with van der Waals surface area (Å²) in [5.74, 6) is 2.13. The summed E-state index contributed by atoms with van der Waals surface area (Å²) in [4.78, 5) is 68.6. The molecule has 0 aromatic carbocycles. The Bertz CT molecular complexity index is 1210. The number of carbonyl (C=O) groups excluding carboxylic acids is 6. The maximum atomic E-state index is 11.8. The number of amides is 1. The molecule has 446 valence electrons. The summed E-state index contributed by atoms with van der Waals surface area (Å²) in [6, 6.07) is -0.0694. The van der Waals surface area contributed by atoms with Gasteiger partial charge in [-0.2, -0.15) is 0 Å². The fourth-order valence-corrected chi connectivity index (χ4v) is 8.59. The van der Waals surface area contributed by atoms with Crippen LogP contribution >= 0.6 is 0 Å². The molecule has 0 bridgehead atoms. The molecule has 12 nitrogen and oxygen atoms in total. The van der Waals surface area contributed by atoms with E-state index in [0.29, 0.717) is 74.2 Å². The number of methoxy groups -OCH3 is 2. The highest BCUT2D eigenvalue weighted by Gasteiger charge is 2.26. The van der Waals surface area contributed by atoms with Crippen molar-refractivity contribution in [2.24, 2.45) is 17.8 Å². The van der Waals surface area contributed by atoms with Crippen molar-refractivity contribution in [2.45, 2.75) is 293 Å². The highest BCUT2D eigenvalue weighted by atomic mass is 16.5. The van der Waals surface area contributed by atoms with E-state index in [2.05, 4.69) is 66.0 Å². The van der Waals surface area contributed by atoms with Gasteiger partial charge in [-0.15, -0.1) is 0 Å². The van der Waals surface area contributed by atoms with Gasteiger partial charge in [0.2, 0.25) is 5.91 Å².